The fourth-order valence-corrected chi connectivity index (χ4v) is 1.93. The summed E-state index contributed by atoms with van der Waals surface area (Å²) in [7, 11) is 2.72. The van der Waals surface area contributed by atoms with Crippen LogP contribution in [0.1, 0.15) is 21.6 Å². The lowest BCUT2D eigenvalue weighted by molar-refractivity contribution is 0.0597. The third kappa shape index (κ3) is 3.32. The number of esters is 1. The molecule has 0 bridgehead atoms. The normalized spacial score (nSPS) is 10.6. The molecule has 0 aliphatic heterocycles. The number of methoxy groups -OCH3 is 2. The van der Waals surface area contributed by atoms with Gasteiger partial charge in [-0.15, -0.1) is 0 Å². The largest absolute Gasteiger partial charge is 0.496 e. The summed E-state index contributed by atoms with van der Waals surface area (Å²) in [5.74, 6) is -0.176. The molecular weight excluding hydrogens is 288 g/mol. The molecule has 1 heterocycles. The molecule has 2 rings (SSSR count). The third-order valence-electron chi connectivity index (χ3n) is 2.89. The summed E-state index contributed by atoms with van der Waals surface area (Å²) in [5, 5.41) is 0. The van der Waals surface area contributed by atoms with Gasteiger partial charge in [0.05, 0.1) is 14.2 Å². The topological polar surface area (TPSA) is 101 Å². The fourth-order valence-electron chi connectivity index (χ4n) is 1.93. The molecule has 0 saturated heterocycles. The van der Waals surface area contributed by atoms with Gasteiger partial charge in [-0.25, -0.2) is 9.59 Å². The Morgan fingerprint density at radius 3 is 2.55 bits per heavy atom. The number of hydrogen-bond donors (Lipinski definition) is 2. The van der Waals surface area contributed by atoms with Gasteiger partial charge in [-0.1, -0.05) is 18.2 Å². The quantitative estimate of drug-likeness (QED) is 0.821. The summed E-state index contributed by atoms with van der Waals surface area (Å²) in [5.41, 5.74) is -0.0103. The summed E-state index contributed by atoms with van der Waals surface area (Å²) in [6.07, 6.45) is 3.09. The number of carbonyl (C=O) groups is 1. The highest BCUT2D eigenvalue weighted by Gasteiger charge is 2.16. The number of ether oxygens (including phenoxy) is 2. The number of carbonyl (C=O) groups excluding carboxylic acids is 1. The second kappa shape index (κ2) is 6.57. The molecule has 0 aliphatic carbocycles. The Morgan fingerprint density at radius 1 is 1.14 bits per heavy atom. The number of H-pyrrole nitrogens is 2. The minimum atomic E-state index is -0.606. The minimum Gasteiger partial charge on any atom is -0.496 e. The molecule has 1 aromatic carbocycles. The lowest BCUT2D eigenvalue weighted by Gasteiger charge is -2.09. The van der Waals surface area contributed by atoms with Gasteiger partial charge < -0.3 is 14.5 Å². The van der Waals surface area contributed by atoms with Gasteiger partial charge in [-0.3, -0.25) is 9.78 Å². The lowest BCUT2D eigenvalue weighted by Crippen LogP contribution is -2.21. The van der Waals surface area contributed by atoms with Crippen LogP contribution in [-0.4, -0.2) is 30.2 Å². The van der Waals surface area contributed by atoms with E-state index in [0.29, 0.717) is 17.0 Å². The molecule has 2 aromatic rings. The van der Waals surface area contributed by atoms with Crippen molar-refractivity contribution in [2.75, 3.05) is 14.2 Å². The number of benzene rings is 1. The molecular formula is C15H14N2O5. The van der Waals surface area contributed by atoms with Crippen molar-refractivity contribution in [3.8, 4) is 5.75 Å². The third-order valence-corrected chi connectivity index (χ3v) is 2.89. The van der Waals surface area contributed by atoms with Gasteiger partial charge in [0.2, 0.25) is 0 Å². The van der Waals surface area contributed by atoms with Gasteiger partial charge in [-0.2, -0.15) is 0 Å². The number of nitrogens with one attached hydrogen (secondary N) is 2. The Hall–Kier alpha value is -3.09. The standard InChI is InChI=1S/C15H14N2O5/c1-21-11-5-3-4-9(13(11)14(19)22-2)6-7-10-8-12(18)17-15(20)16-10/h3-8H,1-2H3,(H2,16,17,18,20)/b7-6+. The van der Waals surface area contributed by atoms with Crippen LogP contribution >= 0.6 is 0 Å². The molecule has 0 saturated carbocycles. The van der Waals surface area contributed by atoms with E-state index in [-0.39, 0.29) is 5.56 Å². The Kier molecular flexibility index (Phi) is 4.57. The zero-order valence-corrected chi connectivity index (χ0v) is 12.0. The molecule has 22 heavy (non-hydrogen) atoms. The second-order valence-corrected chi connectivity index (χ2v) is 4.29. The van der Waals surface area contributed by atoms with Gasteiger partial charge in [0.15, 0.2) is 0 Å². The van der Waals surface area contributed by atoms with E-state index in [4.69, 9.17) is 9.47 Å². The van der Waals surface area contributed by atoms with E-state index in [1.165, 1.54) is 26.4 Å². The SMILES string of the molecule is COC(=O)c1c(/C=C/c2cc(=O)[nH]c(=O)[nH]2)cccc1OC. The predicted octanol–water partition coefficient (Wildman–Crippen LogP) is 1.03. The van der Waals surface area contributed by atoms with Crippen molar-refractivity contribution in [1.82, 2.24) is 9.97 Å². The van der Waals surface area contributed by atoms with Gasteiger partial charge >= 0.3 is 11.7 Å². The number of aromatic amines is 2. The van der Waals surface area contributed by atoms with Crippen LogP contribution in [0.25, 0.3) is 12.2 Å². The summed E-state index contributed by atoms with van der Waals surface area (Å²) in [6, 6.07) is 6.27. The van der Waals surface area contributed by atoms with Crippen LogP contribution in [-0.2, 0) is 4.74 Å². The van der Waals surface area contributed by atoms with Crippen molar-refractivity contribution in [1.29, 1.82) is 0 Å². The molecule has 0 unspecified atom stereocenters. The molecule has 7 nitrogen and oxygen atoms in total. The van der Waals surface area contributed by atoms with Gasteiger partial charge in [0.25, 0.3) is 5.56 Å². The molecule has 0 fully saturated rings. The van der Waals surface area contributed by atoms with Crippen molar-refractivity contribution in [3.05, 3.63) is 61.9 Å². The van der Waals surface area contributed by atoms with E-state index in [2.05, 4.69) is 9.97 Å². The Morgan fingerprint density at radius 2 is 1.91 bits per heavy atom. The Balaban J connectivity index is 2.48. The summed E-state index contributed by atoms with van der Waals surface area (Å²) in [4.78, 5) is 38.9. The minimum absolute atomic E-state index is 0.260. The summed E-state index contributed by atoms with van der Waals surface area (Å²) in [6.45, 7) is 0. The van der Waals surface area contributed by atoms with Crippen LogP contribution in [0.4, 0.5) is 0 Å². The Labute approximate surface area is 125 Å². The highest BCUT2D eigenvalue weighted by Crippen LogP contribution is 2.24. The average molecular weight is 302 g/mol. The van der Waals surface area contributed by atoms with Crippen LogP contribution in [0.15, 0.2) is 33.9 Å². The first kappa shape index (κ1) is 15.3. The van der Waals surface area contributed by atoms with Gasteiger partial charge in [0.1, 0.15) is 11.3 Å². The van der Waals surface area contributed by atoms with Crippen molar-refractivity contribution in [3.63, 3.8) is 0 Å². The maximum Gasteiger partial charge on any atom is 0.342 e. The zero-order valence-electron chi connectivity index (χ0n) is 12.0. The summed E-state index contributed by atoms with van der Waals surface area (Å²) < 4.78 is 9.90. The van der Waals surface area contributed by atoms with Crippen molar-refractivity contribution < 1.29 is 14.3 Å². The number of hydrogen-bond acceptors (Lipinski definition) is 5. The lowest BCUT2D eigenvalue weighted by atomic mass is 10.1. The van der Waals surface area contributed by atoms with Gasteiger partial charge in [0, 0.05) is 11.8 Å². The highest BCUT2D eigenvalue weighted by atomic mass is 16.5. The number of aromatic nitrogens is 2. The number of rotatable bonds is 4. The average Bonchev–Trinajstić information content (AvgIpc) is 2.50. The molecule has 0 amide bonds. The zero-order chi connectivity index (χ0) is 16.1. The van der Waals surface area contributed by atoms with Crippen molar-refractivity contribution >= 4 is 18.1 Å². The van der Waals surface area contributed by atoms with E-state index in [1.807, 2.05) is 0 Å². The first-order valence-corrected chi connectivity index (χ1v) is 6.32. The Bertz CT molecular complexity index is 804. The molecule has 114 valence electrons. The van der Waals surface area contributed by atoms with E-state index >= 15 is 0 Å². The van der Waals surface area contributed by atoms with E-state index in [1.54, 1.807) is 24.3 Å². The fraction of sp³-hybridized carbons (Fsp3) is 0.133. The van der Waals surface area contributed by atoms with E-state index in [0.717, 1.165) is 0 Å². The molecule has 2 N–H and O–H groups in total. The van der Waals surface area contributed by atoms with Crippen molar-refractivity contribution in [2.24, 2.45) is 0 Å². The summed E-state index contributed by atoms with van der Waals surface area (Å²) >= 11 is 0. The maximum atomic E-state index is 11.9. The maximum absolute atomic E-state index is 11.9. The van der Waals surface area contributed by atoms with E-state index < -0.39 is 17.2 Å². The predicted molar refractivity (Wildman–Crippen MR) is 80.9 cm³/mol. The van der Waals surface area contributed by atoms with Crippen LogP contribution in [0.2, 0.25) is 0 Å². The van der Waals surface area contributed by atoms with Crippen LogP contribution in [0.5, 0.6) is 5.75 Å². The molecule has 7 heteroatoms. The molecule has 0 spiro atoms. The molecule has 0 atom stereocenters. The van der Waals surface area contributed by atoms with Crippen molar-refractivity contribution in [2.45, 2.75) is 0 Å². The molecule has 0 radical (unpaired) electrons. The van der Waals surface area contributed by atoms with Crippen LogP contribution < -0.4 is 16.0 Å². The highest BCUT2D eigenvalue weighted by molar-refractivity contribution is 5.97. The molecule has 1 aromatic heterocycles. The first-order valence-electron chi connectivity index (χ1n) is 6.32. The first-order chi connectivity index (χ1) is 10.5. The van der Waals surface area contributed by atoms with Crippen LogP contribution in [0.3, 0.4) is 0 Å². The monoisotopic (exact) mass is 302 g/mol. The van der Waals surface area contributed by atoms with Gasteiger partial charge in [-0.05, 0) is 17.7 Å². The second-order valence-electron chi connectivity index (χ2n) is 4.29. The van der Waals surface area contributed by atoms with E-state index in [9.17, 15) is 14.4 Å². The van der Waals surface area contributed by atoms with Crippen LogP contribution in [0, 0.1) is 0 Å². The molecule has 0 aliphatic rings. The smallest absolute Gasteiger partial charge is 0.342 e.